The largest absolute Gasteiger partial charge is 0.377 e. The maximum Gasteiger partial charge on any atom is 0.169 e. The van der Waals surface area contributed by atoms with Crippen molar-refractivity contribution >= 4 is 12.1 Å². The third-order valence-corrected chi connectivity index (χ3v) is 6.34. The Balaban J connectivity index is 1.52. The van der Waals surface area contributed by atoms with Crippen LogP contribution in [-0.4, -0.2) is 36.6 Å². The van der Waals surface area contributed by atoms with Gasteiger partial charge in [-0.3, -0.25) is 4.79 Å². The van der Waals surface area contributed by atoms with E-state index in [4.69, 9.17) is 4.74 Å². The summed E-state index contributed by atoms with van der Waals surface area (Å²) in [5.41, 5.74) is 2.98. The third-order valence-electron chi connectivity index (χ3n) is 6.34. The van der Waals surface area contributed by atoms with E-state index in [0.717, 1.165) is 42.9 Å². The molecule has 0 amide bonds. The number of ether oxygens (including phenoxy) is 1. The minimum Gasteiger partial charge on any atom is -0.377 e. The van der Waals surface area contributed by atoms with Crippen LogP contribution < -0.4 is 4.90 Å². The summed E-state index contributed by atoms with van der Waals surface area (Å²) in [4.78, 5) is 18.2. The zero-order chi connectivity index (χ0) is 17.8. The third kappa shape index (κ3) is 2.83. The number of carbonyl (C=O) groups is 1. The van der Waals surface area contributed by atoms with E-state index in [1.807, 2.05) is 13.8 Å². The van der Waals surface area contributed by atoms with E-state index in [-0.39, 0.29) is 5.69 Å². The average Bonchev–Trinajstić information content (AvgIpc) is 3.52. The first-order valence-corrected chi connectivity index (χ1v) is 9.22. The Morgan fingerprint density at radius 2 is 2.16 bits per heavy atom. The summed E-state index contributed by atoms with van der Waals surface area (Å²) in [7, 11) is 0. The Kier molecular flexibility index (Phi) is 3.84. The highest BCUT2D eigenvalue weighted by Gasteiger charge is 2.52. The number of fused-ring (bicyclic) bond motifs is 1. The topological polar surface area (TPSA) is 66.2 Å². The SMILES string of the molecule is Cc1c(N2CCC(OCC3(C)CC3)C3CC32)nc(C=O)c(C#N)c1C. The van der Waals surface area contributed by atoms with Crippen molar-refractivity contribution in [3.05, 3.63) is 22.4 Å². The molecule has 2 heterocycles. The van der Waals surface area contributed by atoms with Crippen molar-refractivity contribution in [2.24, 2.45) is 11.3 Å². The van der Waals surface area contributed by atoms with Crippen molar-refractivity contribution in [1.29, 1.82) is 5.26 Å². The van der Waals surface area contributed by atoms with Crippen LogP contribution in [0.5, 0.6) is 0 Å². The second-order valence-corrected chi connectivity index (χ2v) is 8.28. The van der Waals surface area contributed by atoms with E-state index < -0.39 is 0 Å². The van der Waals surface area contributed by atoms with Gasteiger partial charge in [0, 0.05) is 18.5 Å². The monoisotopic (exact) mass is 339 g/mol. The molecule has 0 N–H and O–H groups in total. The van der Waals surface area contributed by atoms with Gasteiger partial charge in [-0.1, -0.05) is 6.92 Å². The lowest BCUT2D eigenvalue weighted by atomic mass is 10.0. The molecule has 1 aromatic heterocycles. The van der Waals surface area contributed by atoms with Crippen molar-refractivity contribution in [1.82, 2.24) is 4.98 Å². The smallest absolute Gasteiger partial charge is 0.169 e. The van der Waals surface area contributed by atoms with Crippen LogP contribution in [0.25, 0.3) is 0 Å². The van der Waals surface area contributed by atoms with E-state index in [9.17, 15) is 10.1 Å². The number of hydrogen-bond donors (Lipinski definition) is 0. The van der Waals surface area contributed by atoms with E-state index >= 15 is 0 Å². The van der Waals surface area contributed by atoms with Gasteiger partial charge in [-0.05, 0) is 56.1 Å². The van der Waals surface area contributed by atoms with Crippen LogP contribution in [0.3, 0.4) is 0 Å². The Morgan fingerprint density at radius 3 is 2.80 bits per heavy atom. The maximum atomic E-state index is 11.4. The number of rotatable bonds is 5. The van der Waals surface area contributed by atoms with E-state index in [2.05, 4.69) is 22.9 Å². The van der Waals surface area contributed by atoms with Crippen LogP contribution in [0.15, 0.2) is 0 Å². The molecule has 5 heteroatoms. The number of aromatic nitrogens is 1. The molecule has 0 spiro atoms. The molecule has 0 bridgehead atoms. The van der Waals surface area contributed by atoms with Crippen LogP contribution in [0, 0.1) is 36.5 Å². The lowest BCUT2D eigenvalue weighted by molar-refractivity contribution is 0.00311. The molecule has 1 aromatic rings. The highest BCUT2D eigenvalue weighted by Crippen LogP contribution is 2.49. The van der Waals surface area contributed by atoms with Crippen LogP contribution >= 0.6 is 0 Å². The van der Waals surface area contributed by atoms with Crippen molar-refractivity contribution in [2.45, 2.75) is 58.6 Å². The van der Waals surface area contributed by atoms with Gasteiger partial charge < -0.3 is 9.64 Å². The minimum absolute atomic E-state index is 0.262. The molecular formula is C20H25N3O2. The minimum atomic E-state index is 0.262. The number of nitrogens with zero attached hydrogens (tertiary/aromatic N) is 3. The van der Waals surface area contributed by atoms with Crippen molar-refractivity contribution < 1.29 is 9.53 Å². The van der Waals surface area contributed by atoms with Gasteiger partial charge in [0.05, 0.1) is 18.3 Å². The summed E-state index contributed by atoms with van der Waals surface area (Å²) in [5, 5.41) is 9.30. The molecular weight excluding hydrogens is 314 g/mol. The molecule has 25 heavy (non-hydrogen) atoms. The first-order valence-electron chi connectivity index (χ1n) is 9.22. The number of pyridine rings is 1. The van der Waals surface area contributed by atoms with E-state index in [1.165, 1.54) is 12.8 Å². The Morgan fingerprint density at radius 1 is 1.40 bits per heavy atom. The fourth-order valence-electron chi connectivity index (χ4n) is 4.05. The lowest BCUT2D eigenvalue weighted by Gasteiger charge is -2.34. The van der Waals surface area contributed by atoms with Crippen LogP contribution in [-0.2, 0) is 4.74 Å². The number of carbonyl (C=O) groups excluding carboxylic acids is 1. The van der Waals surface area contributed by atoms with Gasteiger partial charge in [0.15, 0.2) is 6.29 Å². The van der Waals surface area contributed by atoms with Gasteiger partial charge >= 0.3 is 0 Å². The Labute approximate surface area is 149 Å². The second-order valence-electron chi connectivity index (χ2n) is 8.28. The average molecular weight is 339 g/mol. The van der Waals surface area contributed by atoms with Crippen molar-refractivity contribution in [2.75, 3.05) is 18.1 Å². The number of nitriles is 1. The molecule has 3 atom stereocenters. The summed E-state index contributed by atoms with van der Waals surface area (Å²) >= 11 is 0. The van der Waals surface area contributed by atoms with Gasteiger partial charge in [-0.2, -0.15) is 5.26 Å². The predicted octanol–water partition coefficient (Wildman–Crippen LogP) is 3.17. The Hall–Kier alpha value is -1.93. The van der Waals surface area contributed by atoms with Crippen LogP contribution in [0.4, 0.5) is 5.82 Å². The second kappa shape index (κ2) is 5.81. The standard InChI is InChI=1S/C20H25N3O2/c1-12-13(2)19(22-16(10-24)15(12)9-21)23-7-4-18(14-8-17(14)23)25-11-20(3)5-6-20/h10,14,17-18H,4-8,11H2,1-3H3. The maximum absolute atomic E-state index is 11.4. The summed E-state index contributed by atoms with van der Waals surface area (Å²) in [6.07, 6.45) is 5.80. The highest BCUT2D eigenvalue weighted by atomic mass is 16.5. The highest BCUT2D eigenvalue weighted by molar-refractivity contribution is 5.79. The molecule has 3 aliphatic rings. The quantitative estimate of drug-likeness (QED) is 0.771. The van der Waals surface area contributed by atoms with E-state index in [1.54, 1.807) is 0 Å². The normalized spacial score (nSPS) is 28.9. The zero-order valence-corrected chi connectivity index (χ0v) is 15.2. The molecule has 1 aliphatic heterocycles. The molecule has 0 aromatic carbocycles. The molecule has 132 valence electrons. The summed E-state index contributed by atoms with van der Waals surface area (Å²) in [6, 6.07) is 2.58. The van der Waals surface area contributed by atoms with Gasteiger partial charge in [-0.25, -0.2) is 4.98 Å². The summed E-state index contributed by atoms with van der Waals surface area (Å²) < 4.78 is 6.24. The van der Waals surface area contributed by atoms with Gasteiger partial charge in [0.25, 0.3) is 0 Å². The number of hydrogen-bond acceptors (Lipinski definition) is 5. The molecule has 3 unspecified atom stereocenters. The van der Waals surface area contributed by atoms with E-state index in [0.29, 0.717) is 35.3 Å². The first-order chi connectivity index (χ1) is 12.0. The number of piperidine rings is 1. The summed E-state index contributed by atoms with van der Waals surface area (Å²) in [6.45, 7) is 8.01. The van der Waals surface area contributed by atoms with Crippen LogP contribution in [0.2, 0.25) is 0 Å². The van der Waals surface area contributed by atoms with Gasteiger partial charge in [-0.15, -0.1) is 0 Å². The molecule has 3 fully saturated rings. The number of anilines is 1. The molecule has 4 rings (SSSR count). The summed E-state index contributed by atoms with van der Waals surface area (Å²) in [5.74, 6) is 1.45. The Bertz CT molecular complexity index is 763. The molecule has 0 radical (unpaired) electrons. The zero-order valence-electron chi connectivity index (χ0n) is 15.2. The van der Waals surface area contributed by atoms with Crippen LogP contribution in [0.1, 0.15) is 59.8 Å². The molecule has 2 saturated carbocycles. The van der Waals surface area contributed by atoms with Crippen molar-refractivity contribution in [3.8, 4) is 6.07 Å². The van der Waals surface area contributed by atoms with Crippen molar-refractivity contribution in [3.63, 3.8) is 0 Å². The van der Waals surface area contributed by atoms with Gasteiger partial charge in [0.1, 0.15) is 17.6 Å². The van der Waals surface area contributed by atoms with Gasteiger partial charge in [0.2, 0.25) is 0 Å². The molecule has 5 nitrogen and oxygen atoms in total. The molecule has 2 aliphatic carbocycles. The lowest BCUT2D eigenvalue weighted by Crippen LogP contribution is -2.40. The fourth-order valence-corrected chi connectivity index (χ4v) is 4.05. The molecule has 1 saturated heterocycles. The predicted molar refractivity (Wildman–Crippen MR) is 94.8 cm³/mol. The first kappa shape index (κ1) is 16.5. The number of aldehydes is 1. The fraction of sp³-hybridized carbons (Fsp3) is 0.650.